The number of hydrogen-bond acceptors (Lipinski definition) is 5. The highest BCUT2D eigenvalue weighted by Crippen LogP contribution is 2.36. The van der Waals surface area contributed by atoms with Crippen molar-refractivity contribution in [2.75, 3.05) is 11.9 Å². The standard InChI is InChI=1S/C26H36I3NO6/c27-21-19(25(31)32)22(28)24(23(29)20(21)26(33)34)30-15-18-35-16-11-7-5-3-1-2-4-6-8-12-17(36-18)14-10-9-13-16/h16-18,30H,1-15H2,(H,31,32)(H,33,34). The lowest BCUT2D eigenvalue weighted by molar-refractivity contribution is -0.188. The summed E-state index contributed by atoms with van der Waals surface area (Å²) >= 11 is 5.80. The van der Waals surface area contributed by atoms with Crippen LogP contribution < -0.4 is 5.32 Å². The Morgan fingerprint density at radius 2 is 1.03 bits per heavy atom. The van der Waals surface area contributed by atoms with E-state index in [-0.39, 0.29) is 26.9 Å². The van der Waals surface area contributed by atoms with Crippen LogP contribution in [0, 0.1) is 10.7 Å². The van der Waals surface area contributed by atoms with Gasteiger partial charge in [-0.1, -0.05) is 64.2 Å². The minimum Gasteiger partial charge on any atom is -0.478 e. The molecule has 202 valence electrons. The fourth-order valence-corrected chi connectivity index (χ4v) is 9.52. The third-order valence-electron chi connectivity index (χ3n) is 6.98. The number of benzene rings is 1. The van der Waals surface area contributed by atoms with E-state index < -0.39 is 18.2 Å². The first-order valence-electron chi connectivity index (χ1n) is 13.0. The van der Waals surface area contributed by atoms with Gasteiger partial charge >= 0.3 is 11.9 Å². The Kier molecular flexibility index (Phi) is 13.3. The Balaban J connectivity index is 1.84. The van der Waals surface area contributed by atoms with Crippen molar-refractivity contribution in [1.82, 2.24) is 0 Å². The summed E-state index contributed by atoms with van der Waals surface area (Å²) in [6.45, 7) is 0.331. The number of nitrogens with one attached hydrogen (secondary N) is 1. The highest BCUT2D eigenvalue weighted by atomic mass is 127. The van der Waals surface area contributed by atoms with Crippen LogP contribution in [-0.2, 0) is 9.47 Å². The largest absolute Gasteiger partial charge is 0.478 e. The number of carboxylic acids is 2. The van der Waals surface area contributed by atoms with Crippen molar-refractivity contribution in [3.8, 4) is 0 Å². The summed E-state index contributed by atoms with van der Waals surface area (Å²) in [5.41, 5.74) is 0.528. The number of ether oxygens (including phenoxy) is 2. The van der Waals surface area contributed by atoms with E-state index in [9.17, 15) is 19.8 Å². The molecule has 0 saturated carbocycles. The number of carboxylic acid groups (broad SMARTS) is 2. The molecule has 0 amide bonds. The Hall–Kier alpha value is 0.0700. The minimum absolute atomic E-state index is 0.00842. The Morgan fingerprint density at radius 1 is 0.667 bits per heavy atom. The Morgan fingerprint density at radius 3 is 1.42 bits per heavy atom. The molecule has 1 aromatic carbocycles. The first kappa shape index (κ1) is 30.6. The van der Waals surface area contributed by atoms with Gasteiger partial charge in [-0.15, -0.1) is 0 Å². The van der Waals surface area contributed by atoms with Gasteiger partial charge in [0.1, 0.15) is 0 Å². The van der Waals surface area contributed by atoms with Crippen molar-refractivity contribution in [2.45, 2.75) is 108 Å². The van der Waals surface area contributed by atoms with Crippen LogP contribution in [0.2, 0.25) is 0 Å². The fraction of sp³-hybridized carbons (Fsp3) is 0.692. The van der Waals surface area contributed by atoms with Gasteiger partial charge in [0.05, 0.1) is 42.7 Å². The summed E-state index contributed by atoms with van der Waals surface area (Å²) < 4.78 is 14.3. The summed E-state index contributed by atoms with van der Waals surface area (Å²) in [6, 6.07) is 0. The van der Waals surface area contributed by atoms with Crippen LogP contribution >= 0.6 is 67.8 Å². The normalized spacial score (nSPS) is 24.7. The molecule has 2 bridgehead atoms. The highest BCUT2D eigenvalue weighted by molar-refractivity contribution is 14.1. The molecule has 0 aliphatic carbocycles. The van der Waals surface area contributed by atoms with Crippen molar-refractivity contribution in [3.63, 3.8) is 0 Å². The summed E-state index contributed by atoms with van der Waals surface area (Å²) in [5.74, 6) is -2.28. The quantitative estimate of drug-likeness (QED) is 0.259. The number of halogens is 3. The lowest BCUT2D eigenvalue weighted by Gasteiger charge is -2.28. The summed E-state index contributed by atoms with van der Waals surface area (Å²) in [7, 11) is 0. The number of fused-ring (bicyclic) bond motifs is 4. The van der Waals surface area contributed by atoms with Crippen LogP contribution in [0.5, 0.6) is 0 Å². The van der Waals surface area contributed by atoms with Crippen molar-refractivity contribution in [2.24, 2.45) is 0 Å². The van der Waals surface area contributed by atoms with E-state index in [2.05, 4.69) is 5.32 Å². The predicted molar refractivity (Wildman–Crippen MR) is 165 cm³/mol. The van der Waals surface area contributed by atoms with E-state index in [1.807, 2.05) is 67.8 Å². The summed E-state index contributed by atoms with van der Waals surface area (Å²) in [4.78, 5) is 23.9. The van der Waals surface area contributed by atoms with Crippen LogP contribution in [0.4, 0.5) is 5.69 Å². The monoisotopic (exact) mass is 839 g/mol. The second kappa shape index (κ2) is 15.6. The van der Waals surface area contributed by atoms with Gasteiger partial charge in [0.2, 0.25) is 0 Å². The van der Waals surface area contributed by atoms with E-state index in [4.69, 9.17) is 9.47 Å². The number of hydrogen-bond donors (Lipinski definition) is 3. The number of aromatic carboxylic acids is 2. The maximum Gasteiger partial charge on any atom is 0.337 e. The highest BCUT2D eigenvalue weighted by Gasteiger charge is 2.29. The molecule has 2 saturated heterocycles. The molecule has 0 aromatic heterocycles. The molecule has 2 fully saturated rings. The van der Waals surface area contributed by atoms with Gasteiger partial charge in [-0.2, -0.15) is 0 Å². The van der Waals surface area contributed by atoms with Crippen LogP contribution in [0.15, 0.2) is 0 Å². The molecule has 3 N–H and O–H groups in total. The van der Waals surface area contributed by atoms with Crippen molar-refractivity contribution in [1.29, 1.82) is 0 Å². The Labute approximate surface area is 254 Å². The molecule has 10 heteroatoms. The molecule has 2 heterocycles. The van der Waals surface area contributed by atoms with Gasteiger partial charge in [0.15, 0.2) is 6.29 Å². The zero-order valence-electron chi connectivity index (χ0n) is 20.5. The number of carbonyl (C=O) groups is 2. The fourth-order valence-electron chi connectivity index (χ4n) is 5.05. The third-order valence-corrected chi connectivity index (χ3v) is 10.2. The maximum absolute atomic E-state index is 12.0. The van der Waals surface area contributed by atoms with Gasteiger partial charge in [-0.3, -0.25) is 0 Å². The summed E-state index contributed by atoms with van der Waals surface area (Å²) in [5, 5.41) is 22.9. The first-order chi connectivity index (χ1) is 17.3. The molecule has 7 nitrogen and oxygen atoms in total. The van der Waals surface area contributed by atoms with Crippen LogP contribution in [0.1, 0.15) is 111 Å². The third kappa shape index (κ3) is 8.80. The van der Waals surface area contributed by atoms with Gasteiger partial charge in [-0.05, 0) is 93.5 Å². The molecule has 1 aromatic rings. The zero-order valence-corrected chi connectivity index (χ0v) is 27.0. The van der Waals surface area contributed by atoms with Crippen LogP contribution in [0.3, 0.4) is 0 Å². The van der Waals surface area contributed by atoms with Crippen molar-refractivity contribution in [3.05, 3.63) is 21.8 Å². The first-order valence-corrected chi connectivity index (χ1v) is 16.2. The van der Waals surface area contributed by atoms with Gasteiger partial charge in [0.25, 0.3) is 0 Å². The predicted octanol–water partition coefficient (Wildman–Crippen LogP) is 7.89. The van der Waals surface area contributed by atoms with E-state index in [0.717, 1.165) is 51.4 Å². The summed E-state index contributed by atoms with van der Waals surface area (Å²) in [6.07, 6.45) is 16.2. The van der Waals surface area contributed by atoms with E-state index in [0.29, 0.717) is 19.4 Å². The lowest BCUT2D eigenvalue weighted by Crippen LogP contribution is -2.34. The van der Waals surface area contributed by atoms with Gasteiger partial charge in [-0.25, -0.2) is 9.59 Å². The van der Waals surface area contributed by atoms with Crippen LogP contribution in [-0.4, -0.2) is 47.2 Å². The molecular weight excluding hydrogens is 803 g/mol. The second-order valence-corrected chi connectivity index (χ2v) is 12.9. The van der Waals surface area contributed by atoms with E-state index in [1.165, 1.54) is 38.5 Å². The maximum atomic E-state index is 12.0. The number of rotatable bonds is 5. The minimum atomic E-state index is -1.14. The van der Waals surface area contributed by atoms with Crippen molar-refractivity contribution < 1.29 is 29.3 Å². The lowest BCUT2D eigenvalue weighted by atomic mass is 9.99. The van der Waals surface area contributed by atoms with E-state index >= 15 is 0 Å². The Bertz CT molecular complexity index is 847. The van der Waals surface area contributed by atoms with Gasteiger partial charge in [0, 0.05) is 3.57 Å². The molecule has 0 spiro atoms. The van der Waals surface area contributed by atoms with Gasteiger partial charge < -0.3 is 25.0 Å². The smallest absolute Gasteiger partial charge is 0.337 e. The molecule has 3 rings (SSSR count). The zero-order chi connectivity index (χ0) is 26.1. The SMILES string of the molecule is O=C(O)c1c(I)c(NCC2OC3CCCCCCCCCCC(CCCC3)O2)c(I)c(C(=O)O)c1I. The second-order valence-electron chi connectivity index (χ2n) is 9.69. The molecule has 2 atom stereocenters. The van der Waals surface area contributed by atoms with Crippen LogP contribution in [0.25, 0.3) is 0 Å². The molecule has 36 heavy (non-hydrogen) atoms. The molecular formula is C26H36I3NO6. The molecule has 2 aliphatic heterocycles. The van der Waals surface area contributed by atoms with Crippen molar-refractivity contribution >= 4 is 85.4 Å². The number of anilines is 1. The molecule has 2 aliphatic rings. The topological polar surface area (TPSA) is 105 Å². The average Bonchev–Trinajstić information content (AvgIpc) is 2.89. The molecule has 2 unspecified atom stereocenters. The average molecular weight is 839 g/mol. The molecule has 0 radical (unpaired) electrons. The van der Waals surface area contributed by atoms with E-state index in [1.54, 1.807) is 0 Å².